The number of fused-ring (bicyclic) bond motifs is 1. The standard InChI is InChI=1S/C20H25N7OS/c1-13-10-21-19(29-13)12-23-20(22-11-18-26-25-14(2)27(18)3)24-16-8-9-28-17-7-5-4-6-15(16)17/h4-7,10,16H,8-9,11-12H2,1-3H3,(H2,22,23,24). The number of nitrogens with one attached hydrogen (secondary N) is 2. The van der Waals surface area contributed by atoms with Gasteiger partial charge in [0.05, 0.1) is 19.2 Å². The van der Waals surface area contributed by atoms with Gasteiger partial charge < -0.3 is 19.9 Å². The third-order valence-corrected chi connectivity index (χ3v) is 5.82. The second-order valence-corrected chi connectivity index (χ2v) is 8.30. The van der Waals surface area contributed by atoms with Gasteiger partial charge in [-0.3, -0.25) is 0 Å². The summed E-state index contributed by atoms with van der Waals surface area (Å²) >= 11 is 1.68. The Morgan fingerprint density at radius 2 is 2.17 bits per heavy atom. The maximum Gasteiger partial charge on any atom is 0.192 e. The molecule has 4 rings (SSSR count). The first-order valence-electron chi connectivity index (χ1n) is 9.63. The fraction of sp³-hybridized carbons (Fsp3) is 0.400. The average Bonchev–Trinajstić information content (AvgIpc) is 3.29. The van der Waals surface area contributed by atoms with E-state index in [9.17, 15) is 0 Å². The van der Waals surface area contributed by atoms with Crippen molar-refractivity contribution >= 4 is 17.3 Å². The van der Waals surface area contributed by atoms with Crippen LogP contribution in [0.1, 0.15) is 39.6 Å². The number of hydrogen-bond acceptors (Lipinski definition) is 6. The predicted octanol–water partition coefficient (Wildman–Crippen LogP) is 2.65. The molecule has 3 heterocycles. The van der Waals surface area contributed by atoms with E-state index in [1.807, 2.05) is 42.9 Å². The molecule has 0 saturated heterocycles. The highest BCUT2D eigenvalue weighted by atomic mass is 32.1. The summed E-state index contributed by atoms with van der Waals surface area (Å²) in [5.74, 6) is 3.34. The summed E-state index contributed by atoms with van der Waals surface area (Å²) in [5.41, 5.74) is 1.15. The largest absolute Gasteiger partial charge is 0.493 e. The molecule has 1 unspecified atom stereocenters. The summed E-state index contributed by atoms with van der Waals surface area (Å²) in [6.07, 6.45) is 2.76. The molecule has 0 bridgehead atoms. The minimum absolute atomic E-state index is 0.130. The Hall–Kier alpha value is -2.94. The monoisotopic (exact) mass is 411 g/mol. The molecule has 0 aliphatic carbocycles. The van der Waals surface area contributed by atoms with Crippen molar-refractivity contribution in [2.75, 3.05) is 6.61 Å². The van der Waals surface area contributed by atoms with Crippen molar-refractivity contribution < 1.29 is 4.74 Å². The summed E-state index contributed by atoms with van der Waals surface area (Å²) in [7, 11) is 1.95. The van der Waals surface area contributed by atoms with Gasteiger partial charge >= 0.3 is 0 Å². The summed E-state index contributed by atoms with van der Waals surface area (Å²) in [6, 6.07) is 8.27. The maximum atomic E-state index is 5.78. The second kappa shape index (κ2) is 8.60. The van der Waals surface area contributed by atoms with Crippen LogP contribution >= 0.6 is 11.3 Å². The summed E-state index contributed by atoms with van der Waals surface area (Å²) in [5, 5.41) is 16.3. The van der Waals surface area contributed by atoms with Gasteiger partial charge in [-0.25, -0.2) is 9.98 Å². The molecule has 2 N–H and O–H groups in total. The predicted molar refractivity (Wildman–Crippen MR) is 113 cm³/mol. The van der Waals surface area contributed by atoms with Crippen LogP contribution in [0.3, 0.4) is 0 Å². The van der Waals surface area contributed by atoms with Gasteiger partial charge in [-0.1, -0.05) is 18.2 Å². The number of ether oxygens (including phenoxy) is 1. The van der Waals surface area contributed by atoms with Crippen LogP contribution in [-0.4, -0.2) is 32.3 Å². The molecule has 0 spiro atoms. The summed E-state index contributed by atoms with van der Waals surface area (Å²) in [4.78, 5) is 10.4. The highest BCUT2D eigenvalue weighted by Crippen LogP contribution is 2.31. The number of aromatic nitrogens is 4. The topological polar surface area (TPSA) is 89.3 Å². The lowest BCUT2D eigenvalue weighted by atomic mass is 10.0. The Kier molecular flexibility index (Phi) is 5.75. The number of aliphatic imine (C=N–C) groups is 1. The van der Waals surface area contributed by atoms with Gasteiger partial charge in [0, 0.05) is 30.1 Å². The minimum Gasteiger partial charge on any atom is -0.493 e. The molecular weight excluding hydrogens is 386 g/mol. The van der Waals surface area contributed by atoms with Crippen molar-refractivity contribution in [1.82, 2.24) is 30.4 Å². The number of hydrogen-bond donors (Lipinski definition) is 2. The van der Waals surface area contributed by atoms with E-state index in [0.717, 1.165) is 40.3 Å². The van der Waals surface area contributed by atoms with Gasteiger partial charge in [-0.15, -0.1) is 21.5 Å². The Morgan fingerprint density at radius 3 is 2.93 bits per heavy atom. The van der Waals surface area contributed by atoms with E-state index in [2.05, 4.69) is 38.8 Å². The molecule has 29 heavy (non-hydrogen) atoms. The minimum atomic E-state index is 0.130. The van der Waals surface area contributed by atoms with Crippen LogP contribution in [0.2, 0.25) is 0 Å². The van der Waals surface area contributed by atoms with Crippen molar-refractivity contribution in [3.8, 4) is 5.75 Å². The van der Waals surface area contributed by atoms with Gasteiger partial charge in [0.15, 0.2) is 11.8 Å². The summed E-state index contributed by atoms with van der Waals surface area (Å²) < 4.78 is 7.74. The lowest BCUT2D eigenvalue weighted by molar-refractivity contribution is 0.261. The number of nitrogens with zero attached hydrogens (tertiary/aromatic N) is 5. The van der Waals surface area contributed by atoms with E-state index < -0.39 is 0 Å². The average molecular weight is 412 g/mol. The molecule has 3 aromatic rings. The lowest BCUT2D eigenvalue weighted by Gasteiger charge is -2.28. The Morgan fingerprint density at radius 1 is 1.31 bits per heavy atom. The molecule has 0 amide bonds. The van der Waals surface area contributed by atoms with Crippen molar-refractivity contribution in [2.45, 2.75) is 39.4 Å². The molecule has 0 fully saturated rings. The van der Waals surface area contributed by atoms with Crippen molar-refractivity contribution in [3.05, 3.63) is 57.6 Å². The quantitative estimate of drug-likeness (QED) is 0.496. The number of guanidine groups is 1. The Labute approximate surface area is 174 Å². The smallest absolute Gasteiger partial charge is 0.192 e. The molecule has 8 nitrogen and oxygen atoms in total. The second-order valence-electron chi connectivity index (χ2n) is 6.98. The molecule has 9 heteroatoms. The summed E-state index contributed by atoms with van der Waals surface area (Å²) in [6.45, 7) is 5.72. The third-order valence-electron chi connectivity index (χ3n) is 4.91. The van der Waals surface area contributed by atoms with E-state index in [1.165, 1.54) is 4.88 Å². The van der Waals surface area contributed by atoms with E-state index in [0.29, 0.717) is 19.7 Å². The number of rotatable bonds is 5. The molecule has 0 radical (unpaired) electrons. The maximum absolute atomic E-state index is 5.78. The molecular formula is C20H25N7OS. The molecule has 1 atom stereocenters. The highest BCUT2D eigenvalue weighted by Gasteiger charge is 2.22. The van der Waals surface area contributed by atoms with Gasteiger partial charge in [0.25, 0.3) is 0 Å². The Balaban J connectivity index is 1.52. The van der Waals surface area contributed by atoms with Gasteiger partial charge in [0.1, 0.15) is 23.1 Å². The Bertz CT molecular complexity index is 1010. The van der Waals surface area contributed by atoms with Crippen LogP contribution in [0.4, 0.5) is 0 Å². The first-order valence-corrected chi connectivity index (χ1v) is 10.4. The molecule has 152 valence electrons. The zero-order valence-electron chi connectivity index (χ0n) is 16.8. The van der Waals surface area contributed by atoms with Crippen molar-refractivity contribution in [3.63, 3.8) is 0 Å². The molecule has 1 aliphatic rings. The zero-order chi connectivity index (χ0) is 20.2. The zero-order valence-corrected chi connectivity index (χ0v) is 17.7. The van der Waals surface area contributed by atoms with E-state index in [-0.39, 0.29) is 6.04 Å². The van der Waals surface area contributed by atoms with E-state index >= 15 is 0 Å². The van der Waals surface area contributed by atoms with Crippen LogP contribution in [-0.2, 0) is 20.1 Å². The van der Waals surface area contributed by atoms with Gasteiger partial charge in [-0.2, -0.15) is 0 Å². The van der Waals surface area contributed by atoms with Crippen LogP contribution < -0.4 is 15.4 Å². The number of para-hydroxylation sites is 1. The highest BCUT2D eigenvalue weighted by molar-refractivity contribution is 7.11. The van der Waals surface area contributed by atoms with Crippen LogP contribution in [0.15, 0.2) is 35.5 Å². The first kappa shape index (κ1) is 19.4. The van der Waals surface area contributed by atoms with Crippen LogP contribution in [0, 0.1) is 13.8 Å². The third kappa shape index (κ3) is 4.56. The molecule has 1 aliphatic heterocycles. The van der Waals surface area contributed by atoms with E-state index in [4.69, 9.17) is 9.73 Å². The SMILES string of the molecule is Cc1cnc(CNC(=NCc2nnc(C)n2C)NC2CCOc3ccccc32)s1. The normalized spacial score (nSPS) is 16.2. The molecule has 1 aromatic carbocycles. The van der Waals surface area contributed by atoms with Gasteiger partial charge in [-0.05, 0) is 19.9 Å². The molecule has 2 aromatic heterocycles. The van der Waals surface area contributed by atoms with E-state index in [1.54, 1.807) is 11.3 Å². The van der Waals surface area contributed by atoms with Crippen molar-refractivity contribution in [2.24, 2.45) is 12.0 Å². The molecule has 0 saturated carbocycles. The first-order chi connectivity index (χ1) is 14.1. The lowest BCUT2D eigenvalue weighted by Crippen LogP contribution is -2.40. The fourth-order valence-corrected chi connectivity index (χ4v) is 3.92. The number of benzene rings is 1. The number of thiazole rings is 1. The van der Waals surface area contributed by atoms with Gasteiger partial charge in [0.2, 0.25) is 0 Å². The number of aryl methyl sites for hydroxylation is 2. The fourth-order valence-electron chi connectivity index (χ4n) is 3.19. The van der Waals surface area contributed by atoms with Crippen molar-refractivity contribution in [1.29, 1.82) is 0 Å². The van der Waals surface area contributed by atoms with Crippen LogP contribution in [0.25, 0.3) is 0 Å². The van der Waals surface area contributed by atoms with Crippen LogP contribution in [0.5, 0.6) is 5.75 Å².